The molecule has 1 aromatic rings. The molecule has 0 aromatic heterocycles. The third-order valence-corrected chi connectivity index (χ3v) is 2.69. The van der Waals surface area contributed by atoms with Crippen molar-refractivity contribution < 1.29 is 9.53 Å². The summed E-state index contributed by atoms with van der Waals surface area (Å²) in [6, 6.07) is 7.39. The molecule has 17 heavy (non-hydrogen) atoms. The van der Waals surface area contributed by atoms with Crippen molar-refractivity contribution in [1.29, 1.82) is 0 Å². The van der Waals surface area contributed by atoms with Crippen LogP contribution >= 0.6 is 0 Å². The Morgan fingerprint density at radius 2 is 2.24 bits per heavy atom. The van der Waals surface area contributed by atoms with E-state index < -0.39 is 0 Å². The summed E-state index contributed by atoms with van der Waals surface area (Å²) in [6.45, 7) is 0.936. The summed E-state index contributed by atoms with van der Waals surface area (Å²) in [5.74, 6) is 0.604. The zero-order chi connectivity index (χ0) is 12.1. The van der Waals surface area contributed by atoms with Gasteiger partial charge in [0, 0.05) is 18.3 Å². The minimum absolute atomic E-state index is 0.0679. The van der Waals surface area contributed by atoms with Crippen LogP contribution in [0.5, 0.6) is 5.75 Å². The van der Waals surface area contributed by atoms with Crippen molar-refractivity contribution in [2.24, 2.45) is 0 Å². The maximum Gasteiger partial charge on any atom is 0.253 e. The topological polar surface area (TPSA) is 50.4 Å². The van der Waals surface area contributed by atoms with E-state index in [1.807, 2.05) is 24.3 Å². The standard InChI is InChI=1S/C13H16N2O2/c1-17-12-7-3-2-6-11(12)15-13(16)10-5-4-8-14-9-10/h2-3,6-7,9,14H,4-5,8H2,1H3,(H,15,16). The van der Waals surface area contributed by atoms with Crippen LogP contribution in [-0.4, -0.2) is 19.6 Å². The molecule has 1 aliphatic heterocycles. The molecule has 1 heterocycles. The molecule has 0 radical (unpaired) electrons. The average Bonchev–Trinajstić information content (AvgIpc) is 2.40. The first-order valence-corrected chi connectivity index (χ1v) is 5.68. The first-order valence-electron chi connectivity index (χ1n) is 5.68. The zero-order valence-electron chi connectivity index (χ0n) is 9.82. The second-order valence-electron chi connectivity index (χ2n) is 3.88. The second kappa shape index (κ2) is 5.39. The van der Waals surface area contributed by atoms with Crippen LogP contribution in [0.4, 0.5) is 5.69 Å². The van der Waals surface area contributed by atoms with Gasteiger partial charge in [0.1, 0.15) is 5.75 Å². The maximum atomic E-state index is 12.0. The lowest BCUT2D eigenvalue weighted by molar-refractivity contribution is -0.113. The van der Waals surface area contributed by atoms with E-state index in [0.717, 1.165) is 25.0 Å². The highest BCUT2D eigenvalue weighted by molar-refractivity contribution is 6.04. The van der Waals surface area contributed by atoms with Crippen LogP contribution in [0, 0.1) is 0 Å². The van der Waals surface area contributed by atoms with Crippen molar-refractivity contribution in [1.82, 2.24) is 5.32 Å². The summed E-state index contributed by atoms with van der Waals surface area (Å²) in [5.41, 5.74) is 1.48. The summed E-state index contributed by atoms with van der Waals surface area (Å²) >= 11 is 0. The van der Waals surface area contributed by atoms with E-state index in [0.29, 0.717) is 11.4 Å². The van der Waals surface area contributed by atoms with Crippen molar-refractivity contribution in [3.05, 3.63) is 36.0 Å². The Kier molecular flexibility index (Phi) is 3.65. The van der Waals surface area contributed by atoms with Gasteiger partial charge in [0.05, 0.1) is 12.8 Å². The molecule has 4 nitrogen and oxygen atoms in total. The Balaban J connectivity index is 2.09. The van der Waals surface area contributed by atoms with Crippen LogP contribution in [0.3, 0.4) is 0 Å². The molecule has 4 heteroatoms. The summed E-state index contributed by atoms with van der Waals surface area (Å²) in [7, 11) is 1.59. The van der Waals surface area contributed by atoms with Gasteiger partial charge in [-0.3, -0.25) is 4.79 Å². The van der Waals surface area contributed by atoms with E-state index in [2.05, 4.69) is 10.6 Å². The van der Waals surface area contributed by atoms with Gasteiger partial charge >= 0.3 is 0 Å². The molecule has 0 aliphatic carbocycles. The summed E-state index contributed by atoms with van der Waals surface area (Å²) in [4.78, 5) is 12.0. The van der Waals surface area contributed by atoms with E-state index >= 15 is 0 Å². The van der Waals surface area contributed by atoms with Gasteiger partial charge in [0.2, 0.25) is 0 Å². The molecule has 0 spiro atoms. The lowest BCUT2D eigenvalue weighted by Gasteiger charge is -2.15. The number of carbonyl (C=O) groups excluding carboxylic acids is 1. The Hall–Kier alpha value is -1.97. The normalized spacial score (nSPS) is 14.5. The number of carbonyl (C=O) groups is 1. The number of ether oxygens (including phenoxy) is 1. The molecule has 2 N–H and O–H groups in total. The Morgan fingerprint density at radius 3 is 2.94 bits per heavy atom. The number of hydrogen-bond donors (Lipinski definition) is 2. The van der Waals surface area contributed by atoms with Crippen molar-refractivity contribution in [3.63, 3.8) is 0 Å². The molecule has 90 valence electrons. The van der Waals surface area contributed by atoms with Gasteiger partial charge in [-0.1, -0.05) is 12.1 Å². The monoisotopic (exact) mass is 232 g/mol. The number of anilines is 1. The van der Waals surface area contributed by atoms with Gasteiger partial charge in [0.15, 0.2) is 0 Å². The van der Waals surface area contributed by atoms with Crippen LogP contribution in [0.25, 0.3) is 0 Å². The van der Waals surface area contributed by atoms with E-state index in [9.17, 15) is 4.79 Å². The van der Waals surface area contributed by atoms with Crippen molar-refractivity contribution >= 4 is 11.6 Å². The largest absolute Gasteiger partial charge is 0.495 e. The van der Waals surface area contributed by atoms with E-state index in [1.165, 1.54) is 0 Å². The van der Waals surface area contributed by atoms with Gasteiger partial charge < -0.3 is 15.4 Å². The molecule has 1 aromatic carbocycles. The molecule has 1 amide bonds. The zero-order valence-corrected chi connectivity index (χ0v) is 9.82. The fraction of sp³-hybridized carbons (Fsp3) is 0.308. The smallest absolute Gasteiger partial charge is 0.253 e. The number of hydrogen-bond acceptors (Lipinski definition) is 3. The fourth-order valence-electron chi connectivity index (χ4n) is 1.78. The van der Waals surface area contributed by atoms with Crippen molar-refractivity contribution in [2.75, 3.05) is 19.0 Å². The summed E-state index contributed by atoms with van der Waals surface area (Å²) < 4.78 is 5.18. The second-order valence-corrected chi connectivity index (χ2v) is 3.88. The van der Waals surface area contributed by atoms with Crippen LogP contribution in [0.15, 0.2) is 36.0 Å². The van der Waals surface area contributed by atoms with Gasteiger partial charge in [-0.2, -0.15) is 0 Å². The van der Waals surface area contributed by atoms with E-state index in [-0.39, 0.29) is 5.91 Å². The number of rotatable bonds is 3. The van der Waals surface area contributed by atoms with Crippen molar-refractivity contribution in [3.8, 4) is 5.75 Å². The quantitative estimate of drug-likeness (QED) is 0.836. The first kappa shape index (κ1) is 11.5. The molecule has 0 unspecified atom stereocenters. The number of nitrogens with one attached hydrogen (secondary N) is 2. The fourth-order valence-corrected chi connectivity index (χ4v) is 1.78. The molecular weight excluding hydrogens is 216 g/mol. The highest BCUT2D eigenvalue weighted by atomic mass is 16.5. The van der Waals surface area contributed by atoms with E-state index in [4.69, 9.17) is 4.74 Å². The lowest BCUT2D eigenvalue weighted by Crippen LogP contribution is -2.22. The number of methoxy groups -OCH3 is 1. The third-order valence-electron chi connectivity index (χ3n) is 2.69. The molecule has 0 bridgehead atoms. The van der Waals surface area contributed by atoms with E-state index in [1.54, 1.807) is 13.3 Å². The minimum Gasteiger partial charge on any atom is -0.495 e. The molecular formula is C13H16N2O2. The van der Waals surface area contributed by atoms with Gasteiger partial charge in [0.25, 0.3) is 5.91 Å². The maximum absolute atomic E-state index is 12.0. The van der Waals surface area contributed by atoms with Crippen LogP contribution in [-0.2, 0) is 4.79 Å². The first-order chi connectivity index (χ1) is 8.31. The molecule has 0 atom stereocenters. The highest BCUT2D eigenvalue weighted by Crippen LogP contribution is 2.24. The Morgan fingerprint density at radius 1 is 1.41 bits per heavy atom. The summed E-state index contributed by atoms with van der Waals surface area (Å²) in [5, 5.41) is 5.93. The van der Waals surface area contributed by atoms with Gasteiger partial charge in [-0.25, -0.2) is 0 Å². The summed E-state index contributed by atoms with van der Waals surface area (Å²) in [6.07, 6.45) is 3.59. The predicted molar refractivity (Wildman–Crippen MR) is 66.9 cm³/mol. The number of amides is 1. The number of benzene rings is 1. The molecule has 0 saturated carbocycles. The SMILES string of the molecule is COc1ccccc1NC(=O)C1=CNCCC1. The van der Waals surface area contributed by atoms with Crippen LogP contribution in [0.2, 0.25) is 0 Å². The average molecular weight is 232 g/mol. The van der Waals surface area contributed by atoms with Gasteiger partial charge in [-0.05, 0) is 25.0 Å². The Bertz CT molecular complexity index is 441. The molecule has 0 fully saturated rings. The molecule has 1 aliphatic rings. The van der Waals surface area contributed by atoms with Gasteiger partial charge in [-0.15, -0.1) is 0 Å². The van der Waals surface area contributed by atoms with Crippen molar-refractivity contribution in [2.45, 2.75) is 12.8 Å². The third kappa shape index (κ3) is 2.78. The predicted octanol–water partition coefficient (Wildman–Crippen LogP) is 1.90. The highest BCUT2D eigenvalue weighted by Gasteiger charge is 2.13. The van der Waals surface area contributed by atoms with Crippen LogP contribution < -0.4 is 15.4 Å². The Labute approximate surface area is 101 Å². The number of para-hydroxylation sites is 2. The van der Waals surface area contributed by atoms with Crippen LogP contribution in [0.1, 0.15) is 12.8 Å². The minimum atomic E-state index is -0.0679. The molecule has 2 rings (SSSR count). The molecule has 0 saturated heterocycles. The lowest BCUT2D eigenvalue weighted by atomic mass is 10.1.